The fourth-order valence-electron chi connectivity index (χ4n) is 1.29. The number of anilines is 1. The van der Waals surface area contributed by atoms with Crippen molar-refractivity contribution >= 4 is 17.5 Å². The van der Waals surface area contributed by atoms with Crippen LogP contribution in [0.3, 0.4) is 0 Å². The summed E-state index contributed by atoms with van der Waals surface area (Å²) in [6.07, 6.45) is 1.16. The van der Waals surface area contributed by atoms with E-state index in [4.69, 9.17) is 0 Å². The Labute approximate surface area is 99.0 Å². The summed E-state index contributed by atoms with van der Waals surface area (Å²) in [4.78, 5) is 25.2. The van der Waals surface area contributed by atoms with Gasteiger partial charge < -0.3 is 0 Å². The van der Waals surface area contributed by atoms with Gasteiger partial charge in [-0.3, -0.25) is 20.2 Å². The van der Waals surface area contributed by atoms with E-state index in [1.54, 1.807) is 0 Å². The molecule has 0 unspecified atom stereocenters. The van der Waals surface area contributed by atoms with Gasteiger partial charge in [0, 0.05) is 0 Å². The lowest BCUT2D eigenvalue weighted by Crippen LogP contribution is -2.15. The number of nitrogens with zero attached hydrogens (tertiary/aromatic N) is 3. The number of aromatic amines is 1. The van der Waals surface area contributed by atoms with Crippen LogP contribution in [0.5, 0.6) is 0 Å². The highest BCUT2D eigenvalue weighted by Crippen LogP contribution is 2.20. The lowest BCUT2D eigenvalue weighted by molar-refractivity contribution is -0.385. The van der Waals surface area contributed by atoms with E-state index in [9.17, 15) is 19.3 Å². The van der Waals surface area contributed by atoms with E-state index >= 15 is 0 Å². The quantitative estimate of drug-likeness (QED) is 0.626. The Morgan fingerprint density at radius 3 is 2.89 bits per heavy atom. The van der Waals surface area contributed by atoms with Crippen molar-refractivity contribution in [1.29, 1.82) is 0 Å². The first kappa shape index (κ1) is 11.6. The molecule has 0 aliphatic rings. The van der Waals surface area contributed by atoms with Gasteiger partial charge in [-0.2, -0.15) is 10.1 Å². The standard InChI is InChI=1S/C9H6FN5O3/c10-5-1-2-6(7(3-5)15(17)18)8(16)13-9-11-4-12-14-9/h1-4H,(H2,11,12,13,14,16). The Balaban J connectivity index is 2.32. The second kappa shape index (κ2) is 4.57. The van der Waals surface area contributed by atoms with Crippen molar-refractivity contribution in [3.63, 3.8) is 0 Å². The molecule has 92 valence electrons. The molecule has 0 aliphatic heterocycles. The smallest absolute Gasteiger partial charge is 0.285 e. The third-order valence-electron chi connectivity index (χ3n) is 2.05. The molecule has 0 bridgehead atoms. The zero-order valence-electron chi connectivity index (χ0n) is 8.75. The SMILES string of the molecule is O=C(Nc1ncn[nH]1)c1ccc(F)cc1[N+](=O)[O-]. The predicted octanol–water partition coefficient (Wildman–Crippen LogP) is 1.10. The number of benzene rings is 1. The largest absolute Gasteiger partial charge is 0.291 e. The molecule has 2 N–H and O–H groups in total. The van der Waals surface area contributed by atoms with Gasteiger partial charge in [0.25, 0.3) is 11.6 Å². The van der Waals surface area contributed by atoms with Gasteiger partial charge in [0.15, 0.2) is 0 Å². The van der Waals surface area contributed by atoms with Gasteiger partial charge >= 0.3 is 0 Å². The number of nitrogens with one attached hydrogen (secondary N) is 2. The Kier molecular flexibility index (Phi) is 2.96. The minimum atomic E-state index is -0.835. The Morgan fingerprint density at radius 2 is 2.28 bits per heavy atom. The highest BCUT2D eigenvalue weighted by Gasteiger charge is 2.21. The normalized spacial score (nSPS) is 10.1. The molecule has 8 nitrogen and oxygen atoms in total. The van der Waals surface area contributed by atoms with Crippen molar-refractivity contribution in [3.05, 3.63) is 46.0 Å². The van der Waals surface area contributed by atoms with Crippen LogP contribution in [0.2, 0.25) is 0 Å². The van der Waals surface area contributed by atoms with Gasteiger partial charge in [-0.15, -0.1) is 0 Å². The number of hydrogen-bond donors (Lipinski definition) is 2. The highest BCUT2D eigenvalue weighted by molar-refractivity contribution is 6.06. The number of aromatic nitrogens is 3. The Hall–Kier alpha value is -2.84. The van der Waals surface area contributed by atoms with Crippen LogP contribution in [-0.2, 0) is 0 Å². The molecule has 0 radical (unpaired) electrons. The second-order valence-corrected chi connectivity index (χ2v) is 3.21. The number of hydrogen-bond acceptors (Lipinski definition) is 5. The van der Waals surface area contributed by atoms with Crippen LogP contribution in [-0.4, -0.2) is 26.0 Å². The number of nitro benzene ring substituents is 1. The van der Waals surface area contributed by atoms with Crippen molar-refractivity contribution < 1.29 is 14.1 Å². The van der Waals surface area contributed by atoms with E-state index in [0.717, 1.165) is 18.5 Å². The van der Waals surface area contributed by atoms with Crippen molar-refractivity contribution in [1.82, 2.24) is 15.2 Å². The zero-order chi connectivity index (χ0) is 13.1. The summed E-state index contributed by atoms with van der Waals surface area (Å²) < 4.78 is 12.9. The van der Waals surface area contributed by atoms with Crippen LogP contribution in [0.1, 0.15) is 10.4 Å². The number of halogens is 1. The van der Waals surface area contributed by atoms with E-state index in [0.29, 0.717) is 6.07 Å². The molecule has 0 fully saturated rings. The Bertz CT molecular complexity index is 598. The molecule has 0 aliphatic carbocycles. The summed E-state index contributed by atoms with van der Waals surface area (Å²) in [5.41, 5.74) is -0.884. The molecule has 18 heavy (non-hydrogen) atoms. The van der Waals surface area contributed by atoms with Gasteiger partial charge in [0.05, 0.1) is 11.0 Å². The third kappa shape index (κ3) is 2.29. The van der Waals surface area contributed by atoms with Crippen LogP contribution in [0.15, 0.2) is 24.5 Å². The average Bonchev–Trinajstić information content (AvgIpc) is 2.81. The van der Waals surface area contributed by atoms with Crippen molar-refractivity contribution in [3.8, 4) is 0 Å². The average molecular weight is 251 g/mol. The van der Waals surface area contributed by atoms with Crippen LogP contribution in [0.25, 0.3) is 0 Å². The molecule has 1 heterocycles. The molecular weight excluding hydrogens is 245 g/mol. The van der Waals surface area contributed by atoms with E-state index in [1.807, 2.05) is 0 Å². The summed E-state index contributed by atoms with van der Waals surface area (Å²) in [5.74, 6) is -1.53. The van der Waals surface area contributed by atoms with Gasteiger partial charge in [-0.05, 0) is 12.1 Å². The molecule has 2 aromatic rings. The van der Waals surface area contributed by atoms with E-state index in [1.165, 1.54) is 0 Å². The first-order valence-electron chi connectivity index (χ1n) is 4.68. The minimum absolute atomic E-state index is 0.0404. The number of H-pyrrole nitrogens is 1. The molecule has 1 aromatic carbocycles. The van der Waals surface area contributed by atoms with E-state index in [-0.39, 0.29) is 11.5 Å². The highest BCUT2D eigenvalue weighted by atomic mass is 19.1. The maximum Gasteiger partial charge on any atom is 0.285 e. The van der Waals surface area contributed by atoms with Crippen molar-refractivity contribution in [2.75, 3.05) is 5.32 Å². The molecule has 0 saturated heterocycles. The second-order valence-electron chi connectivity index (χ2n) is 3.21. The van der Waals surface area contributed by atoms with Gasteiger partial charge in [0.2, 0.25) is 5.95 Å². The first-order valence-corrected chi connectivity index (χ1v) is 4.68. The first-order chi connectivity index (χ1) is 8.58. The molecule has 9 heteroatoms. The van der Waals surface area contributed by atoms with Gasteiger partial charge in [-0.1, -0.05) is 0 Å². The molecular formula is C9H6FN5O3. The maximum absolute atomic E-state index is 12.9. The van der Waals surface area contributed by atoms with Crippen LogP contribution in [0, 0.1) is 15.9 Å². The lowest BCUT2D eigenvalue weighted by Gasteiger charge is -2.02. The molecule has 1 amide bonds. The molecule has 0 spiro atoms. The number of carbonyl (C=O) groups excluding carboxylic acids is 1. The van der Waals surface area contributed by atoms with E-state index < -0.39 is 22.3 Å². The molecule has 1 aromatic heterocycles. The molecule has 0 saturated carbocycles. The van der Waals surface area contributed by atoms with Crippen LogP contribution >= 0.6 is 0 Å². The number of nitro groups is 1. The minimum Gasteiger partial charge on any atom is -0.291 e. The van der Waals surface area contributed by atoms with Gasteiger partial charge in [0.1, 0.15) is 17.7 Å². The number of rotatable bonds is 3. The predicted molar refractivity (Wildman–Crippen MR) is 57.4 cm³/mol. The van der Waals surface area contributed by atoms with Crippen molar-refractivity contribution in [2.45, 2.75) is 0 Å². The van der Waals surface area contributed by atoms with Crippen LogP contribution < -0.4 is 5.32 Å². The zero-order valence-corrected chi connectivity index (χ0v) is 8.75. The fraction of sp³-hybridized carbons (Fsp3) is 0. The van der Waals surface area contributed by atoms with Gasteiger partial charge in [-0.25, -0.2) is 9.49 Å². The number of amides is 1. The maximum atomic E-state index is 12.9. The molecule has 2 rings (SSSR count). The Morgan fingerprint density at radius 1 is 1.50 bits per heavy atom. The third-order valence-corrected chi connectivity index (χ3v) is 2.05. The number of carbonyl (C=O) groups is 1. The topological polar surface area (TPSA) is 114 Å². The fourth-order valence-corrected chi connectivity index (χ4v) is 1.29. The van der Waals surface area contributed by atoms with E-state index in [2.05, 4.69) is 20.5 Å². The molecule has 0 atom stereocenters. The summed E-state index contributed by atoms with van der Waals surface area (Å²) in [6, 6.07) is 2.66. The van der Waals surface area contributed by atoms with Crippen molar-refractivity contribution in [2.24, 2.45) is 0 Å². The lowest BCUT2D eigenvalue weighted by atomic mass is 10.1. The summed E-state index contributed by atoms with van der Waals surface area (Å²) in [7, 11) is 0. The monoisotopic (exact) mass is 251 g/mol. The summed E-state index contributed by atoms with van der Waals surface area (Å²) in [5, 5.41) is 18.8. The summed E-state index contributed by atoms with van der Waals surface area (Å²) >= 11 is 0. The van der Waals surface area contributed by atoms with Crippen LogP contribution in [0.4, 0.5) is 16.0 Å². The summed E-state index contributed by atoms with van der Waals surface area (Å²) in [6.45, 7) is 0.